The van der Waals surface area contributed by atoms with Crippen molar-refractivity contribution < 1.29 is 9.34 Å². The van der Waals surface area contributed by atoms with E-state index in [0.717, 1.165) is 5.69 Å². The standard InChI is InChI=1S/C17H11N3O3S/c1-11-10-24-17(19-11)12(9-18)8-13-6-7-16(23-13)14-4-2-3-5-15(14)20(21)22/h2-8,10H,1H3/b12-8+. The topological polar surface area (TPSA) is 93.0 Å². The summed E-state index contributed by atoms with van der Waals surface area (Å²) >= 11 is 1.38. The minimum atomic E-state index is -0.452. The summed E-state index contributed by atoms with van der Waals surface area (Å²) in [6.45, 7) is 1.86. The van der Waals surface area contributed by atoms with E-state index in [2.05, 4.69) is 11.1 Å². The van der Waals surface area contributed by atoms with Gasteiger partial charge in [-0.25, -0.2) is 4.98 Å². The number of hydrogen-bond acceptors (Lipinski definition) is 6. The quantitative estimate of drug-likeness (QED) is 0.391. The van der Waals surface area contributed by atoms with Gasteiger partial charge in [0.25, 0.3) is 5.69 Å². The first-order chi connectivity index (χ1) is 11.6. The number of aryl methyl sites for hydroxylation is 1. The molecule has 0 atom stereocenters. The highest BCUT2D eigenvalue weighted by atomic mass is 32.1. The molecular formula is C17H11N3O3S. The zero-order valence-corrected chi connectivity index (χ0v) is 13.4. The molecule has 0 amide bonds. The number of nitrogens with zero attached hydrogens (tertiary/aromatic N) is 3. The van der Waals surface area contributed by atoms with Gasteiger partial charge in [0.15, 0.2) is 0 Å². The number of nitro groups is 1. The Morgan fingerprint density at radius 1 is 1.38 bits per heavy atom. The van der Waals surface area contributed by atoms with Crippen molar-refractivity contribution in [1.29, 1.82) is 5.26 Å². The van der Waals surface area contributed by atoms with Gasteiger partial charge in [-0.15, -0.1) is 11.3 Å². The Labute approximate surface area is 141 Å². The fourth-order valence-corrected chi connectivity index (χ4v) is 2.94. The van der Waals surface area contributed by atoms with E-state index in [4.69, 9.17) is 4.42 Å². The first-order valence-corrected chi connectivity index (χ1v) is 7.84. The Bertz CT molecular complexity index is 979. The van der Waals surface area contributed by atoms with Crippen LogP contribution in [0.4, 0.5) is 5.69 Å². The van der Waals surface area contributed by atoms with E-state index in [-0.39, 0.29) is 5.69 Å². The van der Waals surface area contributed by atoms with Crippen LogP contribution in [0.25, 0.3) is 23.0 Å². The van der Waals surface area contributed by atoms with Gasteiger partial charge in [-0.2, -0.15) is 5.26 Å². The fraction of sp³-hybridized carbons (Fsp3) is 0.0588. The first kappa shape index (κ1) is 15.6. The molecule has 24 heavy (non-hydrogen) atoms. The van der Waals surface area contributed by atoms with E-state index in [9.17, 15) is 15.4 Å². The van der Waals surface area contributed by atoms with Gasteiger partial charge >= 0.3 is 0 Å². The number of allylic oxidation sites excluding steroid dienone is 1. The average molecular weight is 337 g/mol. The van der Waals surface area contributed by atoms with Crippen LogP contribution in [0.1, 0.15) is 16.5 Å². The Kier molecular flexibility index (Phi) is 4.22. The molecule has 0 bridgehead atoms. The molecule has 118 valence electrons. The molecule has 0 saturated carbocycles. The first-order valence-electron chi connectivity index (χ1n) is 6.96. The van der Waals surface area contributed by atoms with Gasteiger partial charge in [0.05, 0.1) is 16.1 Å². The summed E-state index contributed by atoms with van der Waals surface area (Å²) in [6, 6.07) is 11.8. The highest BCUT2D eigenvalue weighted by molar-refractivity contribution is 7.11. The summed E-state index contributed by atoms with van der Waals surface area (Å²) in [7, 11) is 0. The summed E-state index contributed by atoms with van der Waals surface area (Å²) in [5, 5.41) is 22.9. The summed E-state index contributed by atoms with van der Waals surface area (Å²) in [5.41, 5.74) is 1.59. The Balaban J connectivity index is 1.98. The molecule has 1 aromatic carbocycles. The van der Waals surface area contributed by atoms with Crippen LogP contribution in [0, 0.1) is 28.4 Å². The van der Waals surface area contributed by atoms with Crippen molar-refractivity contribution in [1.82, 2.24) is 4.98 Å². The van der Waals surface area contributed by atoms with Crippen molar-refractivity contribution in [3.05, 3.63) is 68.4 Å². The Morgan fingerprint density at radius 3 is 2.83 bits per heavy atom. The predicted molar refractivity (Wildman–Crippen MR) is 91.1 cm³/mol. The number of rotatable bonds is 4. The van der Waals surface area contributed by atoms with Gasteiger partial charge in [-0.3, -0.25) is 10.1 Å². The smallest absolute Gasteiger partial charge is 0.280 e. The van der Waals surface area contributed by atoms with Crippen LogP contribution in [-0.2, 0) is 0 Å². The number of benzene rings is 1. The van der Waals surface area contributed by atoms with E-state index in [1.807, 2.05) is 12.3 Å². The van der Waals surface area contributed by atoms with E-state index in [1.165, 1.54) is 17.4 Å². The maximum Gasteiger partial charge on any atom is 0.280 e. The summed E-state index contributed by atoms with van der Waals surface area (Å²) in [5.74, 6) is 0.814. The van der Waals surface area contributed by atoms with Crippen LogP contribution in [0.5, 0.6) is 0 Å². The van der Waals surface area contributed by atoms with Crippen molar-refractivity contribution >= 4 is 28.7 Å². The second-order valence-corrected chi connectivity index (χ2v) is 5.80. The molecule has 0 radical (unpaired) electrons. The molecule has 0 aliphatic carbocycles. The van der Waals surface area contributed by atoms with E-state index in [0.29, 0.717) is 27.7 Å². The largest absolute Gasteiger partial charge is 0.456 e. The highest BCUT2D eigenvalue weighted by Crippen LogP contribution is 2.32. The van der Waals surface area contributed by atoms with Crippen LogP contribution in [0.2, 0.25) is 0 Å². The number of nitro benzene ring substituents is 1. The van der Waals surface area contributed by atoms with Crippen LogP contribution < -0.4 is 0 Å². The minimum Gasteiger partial charge on any atom is -0.456 e. The van der Waals surface area contributed by atoms with E-state index in [1.54, 1.807) is 36.4 Å². The minimum absolute atomic E-state index is 0.0292. The molecule has 3 rings (SSSR count). The molecule has 0 aliphatic rings. The zero-order valence-electron chi connectivity index (χ0n) is 12.6. The lowest BCUT2D eigenvalue weighted by atomic mass is 10.1. The maximum atomic E-state index is 11.1. The molecule has 6 nitrogen and oxygen atoms in total. The Hall–Kier alpha value is -3.24. The second kappa shape index (κ2) is 6.48. The van der Waals surface area contributed by atoms with Gasteiger partial charge in [0.2, 0.25) is 0 Å². The fourth-order valence-electron chi connectivity index (χ4n) is 2.18. The second-order valence-electron chi connectivity index (χ2n) is 4.94. The maximum absolute atomic E-state index is 11.1. The number of nitriles is 1. The van der Waals surface area contributed by atoms with Gasteiger partial charge in [-0.1, -0.05) is 12.1 Å². The van der Waals surface area contributed by atoms with Crippen molar-refractivity contribution in [3.8, 4) is 17.4 Å². The molecule has 0 spiro atoms. The number of furan rings is 1. The predicted octanol–water partition coefficient (Wildman–Crippen LogP) is 4.68. The lowest BCUT2D eigenvalue weighted by Crippen LogP contribution is -1.90. The molecule has 2 heterocycles. The Morgan fingerprint density at radius 2 is 2.17 bits per heavy atom. The van der Waals surface area contributed by atoms with Gasteiger partial charge in [0, 0.05) is 23.2 Å². The molecule has 0 fully saturated rings. The molecular weight excluding hydrogens is 326 g/mol. The van der Waals surface area contributed by atoms with Gasteiger partial charge in [-0.05, 0) is 25.1 Å². The van der Waals surface area contributed by atoms with Crippen molar-refractivity contribution in [2.24, 2.45) is 0 Å². The molecule has 3 aromatic rings. The van der Waals surface area contributed by atoms with Crippen molar-refractivity contribution in [2.45, 2.75) is 6.92 Å². The number of hydrogen-bond donors (Lipinski definition) is 0. The summed E-state index contributed by atoms with van der Waals surface area (Å²) in [6.07, 6.45) is 1.58. The van der Waals surface area contributed by atoms with Crippen LogP contribution in [0.15, 0.2) is 46.2 Å². The van der Waals surface area contributed by atoms with Crippen LogP contribution in [0.3, 0.4) is 0 Å². The van der Waals surface area contributed by atoms with E-state index >= 15 is 0 Å². The number of para-hydroxylation sites is 1. The third-order valence-electron chi connectivity index (χ3n) is 3.25. The highest BCUT2D eigenvalue weighted by Gasteiger charge is 2.17. The summed E-state index contributed by atoms with van der Waals surface area (Å²) in [4.78, 5) is 14.9. The molecule has 7 heteroatoms. The monoisotopic (exact) mass is 337 g/mol. The lowest BCUT2D eigenvalue weighted by Gasteiger charge is -1.98. The normalized spacial score (nSPS) is 11.2. The third-order valence-corrected chi connectivity index (χ3v) is 4.24. The molecule has 0 unspecified atom stereocenters. The molecule has 2 aromatic heterocycles. The average Bonchev–Trinajstić information content (AvgIpc) is 3.21. The van der Waals surface area contributed by atoms with Gasteiger partial charge < -0.3 is 4.42 Å². The summed E-state index contributed by atoms with van der Waals surface area (Å²) < 4.78 is 5.67. The van der Waals surface area contributed by atoms with Crippen LogP contribution >= 0.6 is 11.3 Å². The molecule has 0 saturated heterocycles. The molecule has 0 aliphatic heterocycles. The number of thiazole rings is 1. The molecule has 0 N–H and O–H groups in total. The lowest BCUT2D eigenvalue weighted by molar-refractivity contribution is -0.384. The van der Waals surface area contributed by atoms with Crippen LogP contribution in [-0.4, -0.2) is 9.91 Å². The SMILES string of the molecule is Cc1csc(/C(C#N)=C/c2ccc(-c3ccccc3[N+](=O)[O-])o2)n1. The van der Waals surface area contributed by atoms with Crippen molar-refractivity contribution in [3.63, 3.8) is 0 Å². The number of aromatic nitrogens is 1. The van der Waals surface area contributed by atoms with E-state index < -0.39 is 4.92 Å². The third kappa shape index (κ3) is 3.09. The van der Waals surface area contributed by atoms with Gasteiger partial charge in [0.1, 0.15) is 22.6 Å². The van der Waals surface area contributed by atoms with Crippen molar-refractivity contribution in [2.75, 3.05) is 0 Å². The zero-order chi connectivity index (χ0) is 17.1.